The van der Waals surface area contributed by atoms with Gasteiger partial charge in [-0.05, 0) is 32.0 Å². The number of anilines is 1. The van der Waals surface area contributed by atoms with Crippen molar-refractivity contribution in [2.24, 2.45) is 5.92 Å². The zero-order chi connectivity index (χ0) is 22.1. The third-order valence-corrected chi connectivity index (χ3v) is 6.22. The predicted octanol–water partition coefficient (Wildman–Crippen LogP) is 1.45. The smallest absolute Gasteiger partial charge is 0.229 e. The van der Waals surface area contributed by atoms with Crippen LogP contribution in [-0.4, -0.2) is 79.7 Å². The fourth-order valence-electron chi connectivity index (χ4n) is 4.41. The minimum absolute atomic E-state index is 0.0319. The first-order valence-corrected chi connectivity index (χ1v) is 11.1. The van der Waals surface area contributed by atoms with E-state index >= 15 is 0 Å². The van der Waals surface area contributed by atoms with E-state index in [-0.39, 0.29) is 11.8 Å². The molecule has 5 heterocycles. The van der Waals surface area contributed by atoms with Crippen LogP contribution in [0.25, 0.3) is 5.82 Å². The highest BCUT2D eigenvalue weighted by Crippen LogP contribution is 2.26. The number of piperazine rings is 1. The van der Waals surface area contributed by atoms with E-state index in [9.17, 15) is 4.79 Å². The normalized spacial score (nSPS) is 17.4. The van der Waals surface area contributed by atoms with Gasteiger partial charge in [0.25, 0.3) is 0 Å². The van der Waals surface area contributed by atoms with Crippen LogP contribution in [0.2, 0.25) is 0 Å². The van der Waals surface area contributed by atoms with E-state index in [1.54, 1.807) is 6.33 Å². The standard InChI is InChI=1S/C23H28N8O/c1-17-11-18(2)31(27-17)22-12-21(25-16-26-22)30-13-19(14-30)23(32)29-9-7-28(8-10-29)15-20-5-3-4-6-24-20/h3-6,11-12,16,19H,7-10,13-15H2,1-2H3. The molecular weight excluding hydrogens is 404 g/mol. The Morgan fingerprint density at radius 1 is 1.00 bits per heavy atom. The van der Waals surface area contributed by atoms with E-state index in [0.29, 0.717) is 13.1 Å². The Bertz CT molecular complexity index is 1080. The number of carbonyl (C=O) groups excluding carboxylic acids is 1. The summed E-state index contributed by atoms with van der Waals surface area (Å²) in [6.07, 6.45) is 3.40. The molecule has 2 saturated heterocycles. The van der Waals surface area contributed by atoms with Crippen LogP contribution in [0, 0.1) is 19.8 Å². The molecule has 1 amide bonds. The van der Waals surface area contributed by atoms with Gasteiger partial charge in [-0.3, -0.25) is 14.7 Å². The summed E-state index contributed by atoms with van der Waals surface area (Å²) >= 11 is 0. The van der Waals surface area contributed by atoms with Crippen molar-refractivity contribution in [1.82, 2.24) is 34.5 Å². The lowest BCUT2D eigenvalue weighted by Crippen LogP contribution is -2.58. The molecule has 0 bridgehead atoms. The summed E-state index contributed by atoms with van der Waals surface area (Å²) < 4.78 is 1.83. The first-order chi connectivity index (χ1) is 15.6. The molecule has 0 aliphatic carbocycles. The summed E-state index contributed by atoms with van der Waals surface area (Å²) in [7, 11) is 0. The van der Waals surface area contributed by atoms with Gasteiger partial charge in [-0.1, -0.05) is 6.07 Å². The van der Waals surface area contributed by atoms with E-state index in [2.05, 4.69) is 29.9 Å². The third-order valence-electron chi connectivity index (χ3n) is 6.22. The first-order valence-electron chi connectivity index (χ1n) is 11.1. The van der Waals surface area contributed by atoms with Crippen LogP contribution >= 0.6 is 0 Å². The average molecular weight is 433 g/mol. The number of aryl methyl sites for hydroxylation is 2. The van der Waals surface area contributed by atoms with Crippen LogP contribution in [0.5, 0.6) is 0 Å². The number of aromatic nitrogens is 5. The van der Waals surface area contributed by atoms with E-state index in [1.165, 1.54) is 0 Å². The van der Waals surface area contributed by atoms with Crippen molar-refractivity contribution in [2.45, 2.75) is 20.4 Å². The minimum atomic E-state index is 0.0319. The second kappa shape index (κ2) is 8.66. The zero-order valence-corrected chi connectivity index (χ0v) is 18.6. The van der Waals surface area contributed by atoms with E-state index < -0.39 is 0 Å². The fourth-order valence-corrected chi connectivity index (χ4v) is 4.41. The lowest BCUT2D eigenvalue weighted by Gasteiger charge is -2.43. The molecule has 0 atom stereocenters. The molecule has 32 heavy (non-hydrogen) atoms. The van der Waals surface area contributed by atoms with Crippen LogP contribution in [0.3, 0.4) is 0 Å². The van der Waals surface area contributed by atoms with E-state index in [0.717, 1.165) is 61.4 Å². The molecule has 0 radical (unpaired) electrons. The first kappa shape index (κ1) is 20.6. The molecule has 2 aliphatic heterocycles. The molecule has 3 aromatic heterocycles. The van der Waals surface area contributed by atoms with Crippen molar-refractivity contribution < 1.29 is 4.79 Å². The maximum absolute atomic E-state index is 13.0. The zero-order valence-electron chi connectivity index (χ0n) is 18.6. The van der Waals surface area contributed by atoms with Crippen molar-refractivity contribution in [3.8, 4) is 5.82 Å². The van der Waals surface area contributed by atoms with Crippen molar-refractivity contribution in [2.75, 3.05) is 44.2 Å². The molecule has 9 heteroatoms. The molecular formula is C23H28N8O. The summed E-state index contributed by atoms with van der Waals surface area (Å²) in [5.74, 6) is 1.88. The van der Waals surface area contributed by atoms with Gasteiger partial charge in [-0.15, -0.1) is 0 Å². The second-order valence-corrected chi connectivity index (χ2v) is 8.60. The molecule has 0 aromatic carbocycles. The Morgan fingerprint density at radius 3 is 2.47 bits per heavy atom. The molecule has 9 nitrogen and oxygen atoms in total. The van der Waals surface area contributed by atoms with Crippen molar-refractivity contribution in [3.05, 3.63) is 59.9 Å². The van der Waals surface area contributed by atoms with Gasteiger partial charge in [0.05, 0.1) is 17.3 Å². The summed E-state index contributed by atoms with van der Waals surface area (Å²) in [5.41, 5.74) is 3.06. The average Bonchev–Trinajstić information content (AvgIpc) is 3.12. The van der Waals surface area contributed by atoms with Gasteiger partial charge in [-0.2, -0.15) is 5.10 Å². The summed E-state index contributed by atoms with van der Waals surface area (Å²) in [5, 5.41) is 4.50. The van der Waals surface area contributed by atoms with Gasteiger partial charge in [0.15, 0.2) is 5.82 Å². The van der Waals surface area contributed by atoms with E-state index in [1.807, 2.05) is 60.0 Å². The summed E-state index contributed by atoms with van der Waals surface area (Å²) in [6.45, 7) is 9.53. The van der Waals surface area contributed by atoms with Gasteiger partial charge in [0.1, 0.15) is 12.1 Å². The molecule has 5 rings (SSSR count). The Labute approximate surface area is 187 Å². The number of rotatable bonds is 5. The number of hydrogen-bond acceptors (Lipinski definition) is 7. The van der Waals surface area contributed by atoms with Gasteiger partial charge in [0, 0.05) is 63.8 Å². The molecule has 0 unspecified atom stereocenters. The number of amides is 1. The molecule has 0 spiro atoms. The SMILES string of the molecule is Cc1cc(C)n(-c2cc(N3CC(C(=O)N4CCN(Cc5ccccn5)CC4)C3)ncn2)n1. The van der Waals surface area contributed by atoms with Gasteiger partial charge in [0.2, 0.25) is 5.91 Å². The lowest BCUT2D eigenvalue weighted by atomic mass is 9.98. The minimum Gasteiger partial charge on any atom is -0.355 e. The largest absolute Gasteiger partial charge is 0.355 e. The van der Waals surface area contributed by atoms with Crippen molar-refractivity contribution >= 4 is 11.7 Å². The quantitative estimate of drug-likeness (QED) is 0.603. The van der Waals surface area contributed by atoms with Gasteiger partial charge >= 0.3 is 0 Å². The topological polar surface area (TPSA) is 83.3 Å². The fraction of sp³-hybridized carbons (Fsp3) is 0.435. The van der Waals surface area contributed by atoms with Crippen LogP contribution in [0.15, 0.2) is 42.9 Å². The molecule has 2 aliphatic rings. The Balaban J connectivity index is 1.14. The molecule has 0 N–H and O–H groups in total. The van der Waals surface area contributed by atoms with Crippen LogP contribution in [0.4, 0.5) is 5.82 Å². The summed E-state index contributed by atoms with van der Waals surface area (Å²) in [6, 6.07) is 9.96. The van der Waals surface area contributed by atoms with E-state index in [4.69, 9.17) is 0 Å². The highest BCUT2D eigenvalue weighted by molar-refractivity contribution is 5.82. The Hall–Kier alpha value is -3.33. The van der Waals surface area contributed by atoms with Crippen molar-refractivity contribution in [1.29, 1.82) is 0 Å². The number of hydrogen-bond donors (Lipinski definition) is 0. The highest BCUT2D eigenvalue weighted by Gasteiger charge is 2.37. The Kier molecular flexibility index (Phi) is 5.57. The van der Waals surface area contributed by atoms with Crippen molar-refractivity contribution in [3.63, 3.8) is 0 Å². The maximum atomic E-state index is 13.0. The van der Waals surface area contributed by atoms with Gasteiger partial charge in [-0.25, -0.2) is 14.6 Å². The van der Waals surface area contributed by atoms with Gasteiger partial charge < -0.3 is 9.80 Å². The number of pyridine rings is 1. The summed E-state index contributed by atoms with van der Waals surface area (Å²) in [4.78, 5) is 32.7. The highest BCUT2D eigenvalue weighted by atomic mass is 16.2. The van der Waals surface area contributed by atoms with Crippen LogP contribution < -0.4 is 4.90 Å². The maximum Gasteiger partial charge on any atom is 0.229 e. The van der Waals surface area contributed by atoms with Crippen LogP contribution in [-0.2, 0) is 11.3 Å². The predicted molar refractivity (Wildman–Crippen MR) is 120 cm³/mol. The molecule has 3 aromatic rings. The molecule has 166 valence electrons. The van der Waals surface area contributed by atoms with Crippen LogP contribution in [0.1, 0.15) is 17.1 Å². The number of nitrogens with zero attached hydrogens (tertiary/aromatic N) is 8. The second-order valence-electron chi connectivity index (χ2n) is 8.60. The third kappa shape index (κ3) is 4.20. The monoisotopic (exact) mass is 432 g/mol. The lowest BCUT2D eigenvalue weighted by molar-refractivity contribution is -0.138. The number of carbonyl (C=O) groups is 1. The molecule has 2 fully saturated rings. The Morgan fingerprint density at radius 2 is 1.78 bits per heavy atom. The molecule has 0 saturated carbocycles.